The number of aromatic nitrogens is 1. The van der Waals surface area contributed by atoms with Gasteiger partial charge in [0.05, 0.1) is 0 Å². The first-order valence-electron chi connectivity index (χ1n) is 29.0. The third kappa shape index (κ3) is 8.12. The van der Waals surface area contributed by atoms with Crippen molar-refractivity contribution in [2.75, 3.05) is 0 Å². The Morgan fingerprint density at radius 2 is 0.536 bits per heavy atom. The van der Waals surface area contributed by atoms with Crippen molar-refractivity contribution in [3.8, 4) is 66.8 Å². The predicted molar refractivity (Wildman–Crippen MR) is 361 cm³/mol. The average Bonchev–Trinajstić information content (AvgIpc) is 1.71. The molecule has 0 spiro atoms. The Balaban J connectivity index is 0.000000143. The van der Waals surface area contributed by atoms with Gasteiger partial charge in [0.1, 0.15) is 0 Å². The molecular formula is C83H53N. The van der Waals surface area contributed by atoms with E-state index in [1.54, 1.807) is 0 Å². The first-order valence-corrected chi connectivity index (χ1v) is 29.0. The van der Waals surface area contributed by atoms with Crippen molar-refractivity contribution in [2.24, 2.45) is 0 Å². The summed E-state index contributed by atoms with van der Waals surface area (Å²) in [6, 6.07) is 113. The molecule has 0 aliphatic heterocycles. The van der Waals surface area contributed by atoms with Crippen LogP contribution in [0.2, 0.25) is 0 Å². The first kappa shape index (κ1) is 48.9. The maximum absolute atomic E-state index is 4.44. The van der Waals surface area contributed by atoms with Crippen LogP contribution in [0, 0.1) is 0 Å². The molecule has 0 saturated carbocycles. The highest BCUT2D eigenvalue weighted by molar-refractivity contribution is 6.28. The molecule has 0 atom stereocenters. The van der Waals surface area contributed by atoms with Crippen LogP contribution in [-0.2, 0) is 0 Å². The Labute approximate surface area is 487 Å². The lowest BCUT2D eigenvalue weighted by atomic mass is 9.83. The molecule has 16 aromatic carbocycles. The van der Waals surface area contributed by atoms with E-state index in [9.17, 15) is 0 Å². The normalized spacial score (nSPS) is 11.6. The molecule has 1 heteroatoms. The molecule has 0 saturated heterocycles. The molecule has 1 heterocycles. The zero-order valence-corrected chi connectivity index (χ0v) is 46.0. The van der Waals surface area contributed by atoms with Crippen LogP contribution in [-0.4, -0.2) is 4.98 Å². The molecule has 17 rings (SSSR count). The van der Waals surface area contributed by atoms with E-state index in [4.69, 9.17) is 0 Å². The zero-order chi connectivity index (χ0) is 55.5. The number of hydrogen-bond acceptors (Lipinski definition) is 1. The minimum Gasteiger partial charge on any atom is -0.264 e. The van der Waals surface area contributed by atoms with E-state index >= 15 is 0 Å². The number of fused-ring (bicyclic) bond motifs is 12. The van der Waals surface area contributed by atoms with Crippen LogP contribution >= 0.6 is 0 Å². The van der Waals surface area contributed by atoms with Gasteiger partial charge in [0, 0.05) is 18.0 Å². The average molecular weight is 1060 g/mol. The van der Waals surface area contributed by atoms with Crippen LogP contribution in [0.4, 0.5) is 0 Å². The smallest absolute Gasteiger partial charge is 0.0346 e. The molecule has 0 amide bonds. The number of nitrogens with zero attached hydrogens (tertiary/aromatic N) is 1. The minimum atomic E-state index is 1.14. The van der Waals surface area contributed by atoms with Gasteiger partial charge in [0.2, 0.25) is 0 Å². The van der Waals surface area contributed by atoms with Crippen LogP contribution in [0.3, 0.4) is 0 Å². The Morgan fingerprint density at radius 3 is 1.05 bits per heavy atom. The fourth-order valence-corrected chi connectivity index (χ4v) is 13.7. The third-order valence-electron chi connectivity index (χ3n) is 17.4. The highest BCUT2D eigenvalue weighted by Crippen LogP contribution is 2.49. The van der Waals surface area contributed by atoms with Crippen molar-refractivity contribution >= 4 is 97.0 Å². The summed E-state index contributed by atoms with van der Waals surface area (Å²) in [5, 5.41) is 22.9. The molecule has 390 valence electrons. The maximum atomic E-state index is 4.44. The molecule has 0 aliphatic rings. The molecule has 1 aromatic heterocycles. The van der Waals surface area contributed by atoms with Gasteiger partial charge in [-0.3, -0.25) is 4.98 Å². The van der Waals surface area contributed by atoms with E-state index in [0.717, 1.165) is 5.56 Å². The molecule has 0 bridgehead atoms. The summed E-state index contributed by atoms with van der Waals surface area (Å²) in [5.41, 5.74) is 15.0. The summed E-state index contributed by atoms with van der Waals surface area (Å²) in [5.74, 6) is 0. The summed E-state index contributed by atoms with van der Waals surface area (Å²) in [4.78, 5) is 4.44. The molecule has 0 aliphatic carbocycles. The molecule has 17 aromatic rings. The van der Waals surface area contributed by atoms with Gasteiger partial charge in [-0.15, -0.1) is 0 Å². The van der Waals surface area contributed by atoms with E-state index in [1.165, 1.54) is 158 Å². The second kappa shape index (κ2) is 20.5. The second-order valence-electron chi connectivity index (χ2n) is 22.0. The summed E-state index contributed by atoms with van der Waals surface area (Å²) >= 11 is 0. The Kier molecular flexibility index (Phi) is 11.9. The van der Waals surface area contributed by atoms with Crippen molar-refractivity contribution in [3.05, 3.63) is 322 Å². The molecule has 0 radical (unpaired) electrons. The van der Waals surface area contributed by atoms with Gasteiger partial charge >= 0.3 is 0 Å². The van der Waals surface area contributed by atoms with Crippen LogP contribution in [0.15, 0.2) is 322 Å². The monoisotopic (exact) mass is 1060 g/mol. The zero-order valence-electron chi connectivity index (χ0n) is 46.0. The van der Waals surface area contributed by atoms with Gasteiger partial charge in [-0.1, -0.05) is 285 Å². The van der Waals surface area contributed by atoms with Crippen molar-refractivity contribution in [2.45, 2.75) is 0 Å². The van der Waals surface area contributed by atoms with E-state index in [0.29, 0.717) is 0 Å². The largest absolute Gasteiger partial charge is 0.264 e. The number of pyridine rings is 1. The molecule has 0 N–H and O–H groups in total. The van der Waals surface area contributed by atoms with E-state index < -0.39 is 0 Å². The first-order chi connectivity index (χ1) is 41.7. The fraction of sp³-hybridized carbons (Fsp3) is 0. The summed E-state index contributed by atoms with van der Waals surface area (Å²) in [6.45, 7) is 0. The van der Waals surface area contributed by atoms with Crippen LogP contribution in [0.5, 0.6) is 0 Å². The lowest BCUT2D eigenvalue weighted by molar-refractivity contribution is 1.33. The summed E-state index contributed by atoms with van der Waals surface area (Å²) in [7, 11) is 0. The van der Waals surface area contributed by atoms with Crippen LogP contribution in [0.1, 0.15) is 0 Å². The minimum absolute atomic E-state index is 1.14. The van der Waals surface area contributed by atoms with Crippen molar-refractivity contribution in [1.82, 2.24) is 4.98 Å². The highest BCUT2D eigenvalue weighted by Gasteiger charge is 2.22. The number of rotatable bonds is 6. The van der Waals surface area contributed by atoms with E-state index in [1.807, 2.05) is 18.5 Å². The fourth-order valence-electron chi connectivity index (χ4n) is 13.7. The number of benzene rings is 16. The van der Waals surface area contributed by atoms with Gasteiger partial charge in [-0.05, 0) is 182 Å². The highest BCUT2D eigenvalue weighted by atomic mass is 14.6. The van der Waals surface area contributed by atoms with E-state index in [-0.39, 0.29) is 0 Å². The SMILES string of the molecule is c1ccc(-c2c3ccccc3c(-c3ccc(-c4ccc5c6ccccc6c6ccccc6c5c4)c4ccccc34)c3ccccc23)cc1.c1ccc(-c2cc(-c3c4ccccc4c(-c4cccnc4)c4ccccc34)c3ccccc3c2)cc1. The standard InChI is InChI=1S/C48H30.C35H23N/c1-2-14-31(15-3-1)47-41-22-10-12-24-43(41)48(44-25-13-11-23-42(44)47)45-29-28-33(34-16-4-8-20-38(34)45)32-26-27-40-37-19-6-5-17-35(37)36-18-7-9-21-39(36)46(40)30-32;1-2-11-24(12-3-1)27-21-25-13-4-5-15-28(25)33(22-27)35-31-18-8-6-16-29(31)34(26-14-10-20-36-23-26)30-17-7-9-19-32(30)35/h1-30H;1-23H. The van der Waals surface area contributed by atoms with Gasteiger partial charge < -0.3 is 0 Å². The summed E-state index contributed by atoms with van der Waals surface area (Å²) in [6.07, 6.45) is 3.81. The third-order valence-corrected chi connectivity index (χ3v) is 17.4. The van der Waals surface area contributed by atoms with E-state index in [2.05, 4.69) is 308 Å². The molecule has 0 unspecified atom stereocenters. The molecular weight excluding hydrogens is 1010 g/mol. The topological polar surface area (TPSA) is 12.9 Å². The van der Waals surface area contributed by atoms with Gasteiger partial charge in [-0.25, -0.2) is 0 Å². The second-order valence-corrected chi connectivity index (χ2v) is 22.0. The molecule has 0 fully saturated rings. The quantitative estimate of drug-likeness (QED) is 0.119. The van der Waals surface area contributed by atoms with Gasteiger partial charge in [0.25, 0.3) is 0 Å². The Hall–Kier alpha value is -11.0. The van der Waals surface area contributed by atoms with Gasteiger partial charge in [-0.2, -0.15) is 0 Å². The van der Waals surface area contributed by atoms with Crippen molar-refractivity contribution < 1.29 is 0 Å². The van der Waals surface area contributed by atoms with Crippen LogP contribution in [0.25, 0.3) is 164 Å². The Morgan fingerprint density at radius 1 is 0.167 bits per heavy atom. The van der Waals surface area contributed by atoms with Crippen molar-refractivity contribution in [1.29, 1.82) is 0 Å². The number of hydrogen-bond donors (Lipinski definition) is 0. The Bertz CT molecular complexity index is 5260. The van der Waals surface area contributed by atoms with Crippen molar-refractivity contribution in [3.63, 3.8) is 0 Å². The van der Waals surface area contributed by atoms with Gasteiger partial charge in [0.15, 0.2) is 0 Å². The maximum Gasteiger partial charge on any atom is 0.0346 e. The molecule has 84 heavy (non-hydrogen) atoms. The van der Waals surface area contributed by atoms with Crippen LogP contribution < -0.4 is 0 Å². The predicted octanol–water partition coefficient (Wildman–Crippen LogP) is 23.1. The molecule has 1 nitrogen and oxygen atoms in total. The lowest BCUT2D eigenvalue weighted by Crippen LogP contribution is -1.92. The lowest BCUT2D eigenvalue weighted by Gasteiger charge is -2.20. The summed E-state index contributed by atoms with van der Waals surface area (Å²) < 4.78 is 0.